The predicted molar refractivity (Wildman–Crippen MR) is 87.3 cm³/mol. The average Bonchev–Trinajstić information content (AvgIpc) is 2.63. The lowest BCUT2D eigenvalue weighted by atomic mass is 9.99. The summed E-state index contributed by atoms with van der Waals surface area (Å²) < 4.78 is 9.73. The van der Waals surface area contributed by atoms with E-state index in [9.17, 15) is 39.9 Å². The van der Waals surface area contributed by atoms with Crippen molar-refractivity contribution in [3.8, 4) is 5.75 Å². The van der Waals surface area contributed by atoms with E-state index in [1.54, 1.807) is 0 Å². The van der Waals surface area contributed by atoms with Gasteiger partial charge in [-0.15, -0.1) is 0 Å². The molecule has 7 N–H and O–H groups in total. The summed E-state index contributed by atoms with van der Waals surface area (Å²) in [5, 5.41) is 48.1. The number of ether oxygens (including phenoxy) is 2. The molecule has 0 saturated heterocycles. The van der Waals surface area contributed by atoms with E-state index in [-0.39, 0.29) is 11.3 Å². The second-order valence-corrected chi connectivity index (χ2v) is 5.54. The number of esters is 2. The Morgan fingerprint density at radius 1 is 1.04 bits per heavy atom. The molecule has 0 radical (unpaired) electrons. The lowest BCUT2D eigenvalue weighted by molar-refractivity contribution is -0.155. The standard InChI is InChI=1S/C16H21NO10/c1-7(19)26-9-5-3-2-4-8(9)16(25)27-10(6-18)11(20)12(21)13(22)14(23)15(17)24/h2-5,10-14,18,20-23H,6H2,1H3,(H2,17,24)/t10-,11+,12-,13-,14-/m1/s1. The Kier molecular flexibility index (Phi) is 8.28. The third kappa shape index (κ3) is 5.98. The summed E-state index contributed by atoms with van der Waals surface area (Å²) in [6.45, 7) is 0.142. The zero-order valence-corrected chi connectivity index (χ0v) is 14.3. The Morgan fingerprint density at radius 2 is 1.63 bits per heavy atom. The van der Waals surface area contributed by atoms with Gasteiger partial charge in [-0.25, -0.2) is 4.79 Å². The molecule has 11 nitrogen and oxygen atoms in total. The van der Waals surface area contributed by atoms with Crippen LogP contribution in [0.15, 0.2) is 24.3 Å². The van der Waals surface area contributed by atoms with Crippen LogP contribution in [-0.4, -0.2) is 80.5 Å². The second-order valence-electron chi connectivity index (χ2n) is 5.54. The summed E-state index contributed by atoms with van der Waals surface area (Å²) in [6, 6.07) is 5.49. The van der Waals surface area contributed by atoms with Crippen molar-refractivity contribution in [3.05, 3.63) is 29.8 Å². The minimum absolute atomic E-state index is 0.133. The first-order valence-electron chi connectivity index (χ1n) is 7.71. The van der Waals surface area contributed by atoms with E-state index in [4.69, 9.17) is 15.2 Å². The molecule has 1 rings (SSSR count). The molecule has 0 aliphatic rings. The number of carbonyl (C=O) groups is 3. The zero-order valence-electron chi connectivity index (χ0n) is 14.3. The van der Waals surface area contributed by atoms with Gasteiger partial charge in [-0.2, -0.15) is 0 Å². The molecular formula is C16H21NO10. The van der Waals surface area contributed by atoms with Gasteiger partial charge in [0.15, 0.2) is 12.2 Å². The predicted octanol–water partition coefficient (Wildman–Crippen LogP) is -2.94. The number of hydrogen-bond acceptors (Lipinski definition) is 10. The van der Waals surface area contributed by atoms with Crippen LogP contribution in [0.2, 0.25) is 0 Å². The fourth-order valence-electron chi connectivity index (χ4n) is 2.07. The van der Waals surface area contributed by atoms with Gasteiger partial charge in [-0.1, -0.05) is 12.1 Å². The molecule has 5 atom stereocenters. The normalized spacial score (nSPS) is 16.5. The van der Waals surface area contributed by atoms with E-state index in [1.165, 1.54) is 24.3 Å². The van der Waals surface area contributed by atoms with Crippen LogP contribution in [0.5, 0.6) is 5.75 Å². The largest absolute Gasteiger partial charge is 0.453 e. The zero-order chi connectivity index (χ0) is 20.7. The third-order valence-electron chi connectivity index (χ3n) is 3.49. The van der Waals surface area contributed by atoms with Crippen molar-refractivity contribution in [1.82, 2.24) is 0 Å². The number of benzene rings is 1. The number of hydrogen-bond donors (Lipinski definition) is 6. The van der Waals surface area contributed by atoms with Gasteiger partial charge >= 0.3 is 11.9 Å². The summed E-state index contributed by atoms with van der Waals surface area (Å²) in [7, 11) is 0. The van der Waals surface area contributed by atoms with Crippen molar-refractivity contribution in [1.29, 1.82) is 0 Å². The monoisotopic (exact) mass is 387 g/mol. The highest BCUT2D eigenvalue weighted by Gasteiger charge is 2.38. The van der Waals surface area contributed by atoms with Crippen molar-refractivity contribution in [2.45, 2.75) is 37.4 Å². The fourth-order valence-corrected chi connectivity index (χ4v) is 2.07. The van der Waals surface area contributed by atoms with Gasteiger partial charge in [0.2, 0.25) is 5.91 Å². The second kappa shape index (κ2) is 9.94. The molecule has 0 aliphatic heterocycles. The number of para-hydroxylation sites is 1. The van der Waals surface area contributed by atoms with Crippen molar-refractivity contribution in [2.24, 2.45) is 5.73 Å². The maximum absolute atomic E-state index is 12.3. The maximum Gasteiger partial charge on any atom is 0.342 e. The van der Waals surface area contributed by atoms with E-state index in [0.717, 1.165) is 6.92 Å². The molecule has 0 spiro atoms. The maximum atomic E-state index is 12.3. The fraction of sp³-hybridized carbons (Fsp3) is 0.438. The third-order valence-corrected chi connectivity index (χ3v) is 3.49. The van der Waals surface area contributed by atoms with E-state index in [1.807, 2.05) is 0 Å². The van der Waals surface area contributed by atoms with Crippen LogP contribution in [0.1, 0.15) is 17.3 Å². The highest BCUT2D eigenvalue weighted by atomic mass is 16.6. The van der Waals surface area contributed by atoms with E-state index in [0.29, 0.717) is 0 Å². The van der Waals surface area contributed by atoms with E-state index in [2.05, 4.69) is 0 Å². The SMILES string of the molecule is CC(=O)Oc1ccccc1C(=O)O[C@H](CO)[C@H](O)[C@@H](O)[C@@H](O)[C@@H](O)C(N)=O. The van der Waals surface area contributed by atoms with Crippen LogP contribution in [0.3, 0.4) is 0 Å². The first-order valence-corrected chi connectivity index (χ1v) is 7.71. The van der Waals surface area contributed by atoms with Crippen molar-refractivity contribution in [2.75, 3.05) is 6.61 Å². The lowest BCUT2D eigenvalue weighted by Crippen LogP contribution is -2.54. The Morgan fingerprint density at radius 3 is 2.15 bits per heavy atom. The molecule has 0 aliphatic carbocycles. The van der Waals surface area contributed by atoms with E-state index < -0.39 is 55.0 Å². The summed E-state index contributed by atoms with van der Waals surface area (Å²) in [5.74, 6) is -3.30. The van der Waals surface area contributed by atoms with Crippen LogP contribution >= 0.6 is 0 Å². The highest BCUT2D eigenvalue weighted by molar-refractivity contribution is 5.93. The first-order chi connectivity index (χ1) is 12.6. The first kappa shape index (κ1) is 22.5. The Labute approximate surface area is 153 Å². The van der Waals surface area contributed by atoms with Crippen molar-refractivity contribution in [3.63, 3.8) is 0 Å². The van der Waals surface area contributed by atoms with Crippen molar-refractivity contribution >= 4 is 17.8 Å². The average molecular weight is 387 g/mol. The van der Waals surface area contributed by atoms with Crippen LogP contribution in [-0.2, 0) is 14.3 Å². The minimum Gasteiger partial charge on any atom is -0.453 e. The summed E-state index contributed by atoms with van der Waals surface area (Å²) in [5.41, 5.74) is 4.58. The molecule has 27 heavy (non-hydrogen) atoms. The number of amides is 1. The van der Waals surface area contributed by atoms with Gasteiger partial charge in [-0.3, -0.25) is 9.59 Å². The number of nitrogens with two attached hydrogens (primary N) is 1. The van der Waals surface area contributed by atoms with Gasteiger partial charge < -0.3 is 40.7 Å². The molecule has 0 heterocycles. The number of aliphatic hydroxyl groups excluding tert-OH is 5. The Balaban J connectivity index is 2.93. The summed E-state index contributed by atoms with van der Waals surface area (Å²) >= 11 is 0. The van der Waals surface area contributed by atoms with Gasteiger partial charge in [0.1, 0.15) is 29.6 Å². The smallest absolute Gasteiger partial charge is 0.342 e. The quantitative estimate of drug-likeness (QED) is 0.188. The van der Waals surface area contributed by atoms with Gasteiger partial charge in [0.05, 0.1) is 6.61 Å². The topological polar surface area (TPSA) is 197 Å². The van der Waals surface area contributed by atoms with Crippen LogP contribution in [0.25, 0.3) is 0 Å². The molecule has 150 valence electrons. The molecule has 0 unspecified atom stereocenters. The van der Waals surface area contributed by atoms with Crippen LogP contribution < -0.4 is 10.5 Å². The number of aliphatic hydroxyl groups is 5. The molecule has 1 aromatic carbocycles. The number of primary amides is 1. The lowest BCUT2D eigenvalue weighted by Gasteiger charge is -2.29. The Bertz CT molecular complexity index is 679. The molecule has 11 heteroatoms. The van der Waals surface area contributed by atoms with Crippen molar-refractivity contribution < 1.29 is 49.4 Å². The van der Waals surface area contributed by atoms with Crippen LogP contribution in [0, 0.1) is 0 Å². The minimum atomic E-state index is -2.20. The van der Waals surface area contributed by atoms with E-state index >= 15 is 0 Å². The molecule has 0 saturated carbocycles. The number of rotatable bonds is 9. The van der Waals surface area contributed by atoms with Gasteiger partial charge in [-0.05, 0) is 12.1 Å². The molecule has 0 fully saturated rings. The molecular weight excluding hydrogens is 366 g/mol. The Hall–Kier alpha value is -2.57. The number of carbonyl (C=O) groups excluding carboxylic acids is 3. The molecule has 0 aromatic heterocycles. The molecule has 0 bridgehead atoms. The van der Waals surface area contributed by atoms with Gasteiger partial charge in [0.25, 0.3) is 0 Å². The van der Waals surface area contributed by atoms with Gasteiger partial charge in [0, 0.05) is 6.92 Å². The molecule has 1 amide bonds. The summed E-state index contributed by atoms with van der Waals surface area (Å²) in [4.78, 5) is 34.2. The summed E-state index contributed by atoms with van der Waals surface area (Å²) in [6.07, 6.45) is -10.4. The van der Waals surface area contributed by atoms with Crippen LogP contribution in [0.4, 0.5) is 0 Å². The molecule has 1 aromatic rings. The highest BCUT2D eigenvalue weighted by Crippen LogP contribution is 2.21.